The van der Waals surface area contributed by atoms with Crippen molar-refractivity contribution in [2.24, 2.45) is 0 Å². The molecule has 2 heterocycles. The fourth-order valence-electron chi connectivity index (χ4n) is 3.42. The van der Waals surface area contributed by atoms with Crippen LogP contribution in [0.4, 0.5) is 24.7 Å². The highest BCUT2D eigenvalue weighted by Gasteiger charge is 2.33. The Hall–Kier alpha value is -2.57. The van der Waals surface area contributed by atoms with Crippen molar-refractivity contribution in [1.82, 2.24) is 4.98 Å². The molecule has 30 heavy (non-hydrogen) atoms. The molecule has 1 aromatic carbocycles. The zero-order chi connectivity index (χ0) is 22.3. The van der Waals surface area contributed by atoms with Crippen molar-refractivity contribution in [3.63, 3.8) is 0 Å². The molecule has 1 N–H and O–H groups in total. The average molecular weight is 424 g/mol. The van der Waals surface area contributed by atoms with Crippen LogP contribution in [-0.4, -0.2) is 29.9 Å². The Morgan fingerprint density at radius 2 is 2.00 bits per heavy atom. The van der Waals surface area contributed by atoms with Crippen LogP contribution in [0.3, 0.4) is 0 Å². The summed E-state index contributed by atoms with van der Waals surface area (Å²) in [6.45, 7) is 7.93. The minimum absolute atomic E-state index is 0. The van der Waals surface area contributed by atoms with Gasteiger partial charge in [0.15, 0.2) is 0 Å². The zero-order valence-electron chi connectivity index (χ0n) is 18.1. The van der Waals surface area contributed by atoms with E-state index in [0.717, 1.165) is 18.2 Å². The van der Waals surface area contributed by atoms with Crippen molar-refractivity contribution >= 4 is 17.4 Å². The third-order valence-electron chi connectivity index (χ3n) is 5.09. The number of rotatable bonds is 4. The number of carbonyl (C=O) groups excluding carboxylic acids is 1. The summed E-state index contributed by atoms with van der Waals surface area (Å²) in [6.07, 6.45) is 1.63. The number of aromatic nitrogens is 1. The van der Waals surface area contributed by atoms with Crippen molar-refractivity contribution in [3.8, 4) is 0 Å². The lowest BCUT2D eigenvalue weighted by Crippen LogP contribution is -2.30. The molecule has 0 unspecified atom stereocenters. The lowest BCUT2D eigenvalue weighted by atomic mass is 10.1. The van der Waals surface area contributed by atoms with Gasteiger partial charge in [0.2, 0.25) is 5.92 Å². The largest absolute Gasteiger partial charge is 0.356 e. The number of pyridine rings is 1. The summed E-state index contributed by atoms with van der Waals surface area (Å²) in [7, 11) is 0. The molecule has 3 rings (SSSR count). The number of hydrogen-bond acceptors (Lipinski definition) is 3. The lowest BCUT2D eigenvalue weighted by molar-refractivity contribution is -0.0102. The van der Waals surface area contributed by atoms with Crippen molar-refractivity contribution in [3.05, 3.63) is 53.0 Å². The predicted octanol–water partition coefficient (Wildman–Crippen LogP) is 6.24. The van der Waals surface area contributed by atoms with Crippen LogP contribution in [0.25, 0.3) is 0 Å². The summed E-state index contributed by atoms with van der Waals surface area (Å²) in [5.74, 6) is -3.58. The van der Waals surface area contributed by atoms with E-state index in [1.54, 1.807) is 11.0 Å². The number of benzene rings is 1. The fraction of sp³-hybridized carbons (Fsp3) is 0.478. The van der Waals surface area contributed by atoms with E-state index in [-0.39, 0.29) is 44.2 Å². The van der Waals surface area contributed by atoms with Crippen molar-refractivity contribution in [2.45, 2.75) is 59.3 Å². The number of aryl methyl sites for hydroxylation is 1. The second-order valence-electron chi connectivity index (χ2n) is 7.13. The maximum absolute atomic E-state index is 14.2. The highest BCUT2D eigenvalue weighted by molar-refractivity contribution is 6.08. The first kappa shape index (κ1) is 23.7. The number of carbonyl (C=O) groups is 1. The molecule has 1 aromatic heterocycles. The van der Waals surface area contributed by atoms with Gasteiger partial charge in [-0.1, -0.05) is 32.9 Å². The topological polar surface area (TPSA) is 45.2 Å². The van der Waals surface area contributed by atoms with Crippen LogP contribution in [0.2, 0.25) is 0 Å². The van der Waals surface area contributed by atoms with Gasteiger partial charge in [-0.2, -0.15) is 0 Å². The van der Waals surface area contributed by atoms with Gasteiger partial charge in [0.1, 0.15) is 11.6 Å². The van der Waals surface area contributed by atoms with Gasteiger partial charge >= 0.3 is 0 Å². The second kappa shape index (κ2) is 10.5. The standard InChI is InChI=1S/C21H24F3N3O.C2H6.H2/c1-3-15-6-4-7-16(12-15)26-20(28)18-14(2)17(22)13-25-19(18)27-10-5-8-21(23,24)9-11-27;1-2;/h4,6-7,12-13H,3,5,8-11H2,1-2H3,(H,26,28);1-2H3;1H. The molecule has 1 fully saturated rings. The summed E-state index contributed by atoms with van der Waals surface area (Å²) in [5.41, 5.74) is 1.90. The molecule has 0 spiro atoms. The van der Waals surface area contributed by atoms with E-state index in [1.165, 1.54) is 6.92 Å². The first-order valence-corrected chi connectivity index (χ1v) is 10.5. The summed E-state index contributed by atoms with van der Waals surface area (Å²) in [5, 5.41) is 2.79. The lowest BCUT2D eigenvalue weighted by Gasteiger charge is -2.25. The van der Waals surface area contributed by atoms with Crippen LogP contribution in [0.5, 0.6) is 0 Å². The van der Waals surface area contributed by atoms with Gasteiger partial charge in [0.05, 0.1) is 11.8 Å². The van der Waals surface area contributed by atoms with E-state index in [2.05, 4.69) is 10.3 Å². The monoisotopic (exact) mass is 423 g/mol. The van der Waals surface area contributed by atoms with Gasteiger partial charge in [-0.15, -0.1) is 0 Å². The molecule has 7 heteroatoms. The molecule has 166 valence electrons. The number of alkyl halides is 2. The van der Waals surface area contributed by atoms with E-state index < -0.39 is 17.6 Å². The average Bonchev–Trinajstić information content (AvgIpc) is 2.92. The molecular formula is C23H32F3N3O. The number of nitrogens with zero attached hydrogens (tertiary/aromatic N) is 2. The molecule has 1 amide bonds. The van der Waals surface area contributed by atoms with Crippen LogP contribution in [0.15, 0.2) is 30.5 Å². The van der Waals surface area contributed by atoms with E-state index in [9.17, 15) is 18.0 Å². The van der Waals surface area contributed by atoms with Crippen LogP contribution in [0.1, 0.15) is 62.9 Å². The Labute approximate surface area is 178 Å². The minimum atomic E-state index is -2.73. The maximum atomic E-state index is 14.2. The van der Waals surface area contributed by atoms with Gasteiger partial charge in [-0.25, -0.2) is 18.2 Å². The number of nitrogens with one attached hydrogen (secondary N) is 1. The quantitative estimate of drug-likeness (QED) is 0.633. The van der Waals surface area contributed by atoms with E-state index >= 15 is 0 Å². The molecule has 0 radical (unpaired) electrons. The van der Waals surface area contributed by atoms with Gasteiger partial charge in [-0.05, 0) is 37.5 Å². The number of anilines is 2. The van der Waals surface area contributed by atoms with Crippen LogP contribution in [0, 0.1) is 12.7 Å². The Morgan fingerprint density at radius 3 is 2.70 bits per heavy atom. The first-order chi connectivity index (χ1) is 14.3. The summed E-state index contributed by atoms with van der Waals surface area (Å²) in [4.78, 5) is 18.7. The molecule has 0 aliphatic carbocycles. The number of amides is 1. The van der Waals surface area contributed by atoms with Crippen LogP contribution in [-0.2, 0) is 6.42 Å². The van der Waals surface area contributed by atoms with Crippen molar-refractivity contribution in [1.29, 1.82) is 0 Å². The molecule has 2 aromatic rings. The SMILES string of the molecule is CC.CCc1cccc(NC(=O)c2c(N3CCCC(F)(F)CC3)ncc(F)c2C)c1.[HH]. The summed E-state index contributed by atoms with van der Waals surface area (Å²) >= 11 is 0. The van der Waals surface area contributed by atoms with Crippen LogP contribution >= 0.6 is 0 Å². The third-order valence-corrected chi connectivity index (χ3v) is 5.09. The zero-order valence-corrected chi connectivity index (χ0v) is 18.1. The Balaban J connectivity index is 0.00000156. The molecule has 4 nitrogen and oxygen atoms in total. The molecule has 1 aliphatic heterocycles. The molecular weight excluding hydrogens is 391 g/mol. The normalized spacial score (nSPS) is 15.6. The molecule has 1 aliphatic rings. The molecule has 0 bridgehead atoms. The highest BCUT2D eigenvalue weighted by atomic mass is 19.3. The Kier molecular flexibility index (Phi) is 8.26. The number of hydrogen-bond donors (Lipinski definition) is 1. The van der Waals surface area contributed by atoms with Gasteiger partial charge < -0.3 is 10.2 Å². The first-order valence-electron chi connectivity index (χ1n) is 10.5. The second-order valence-corrected chi connectivity index (χ2v) is 7.13. The van der Waals surface area contributed by atoms with Gasteiger partial charge in [-0.3, -0.25) is 4.79 Å². The molecule has 0 saturated carbocycles. The Morgan fingerprint density at radius 1 is 1.27 bits per heavy atom. The number of halogens is 3. The molecule has 1 saturated heterocycles. The van der Waals surface area contributed by atoms with E-state index in [0.29, 0.717) is 12.2 Å². The molecule has 0 atom stereocenters. The Bertz CT molecular complexity index is 877. The van der Waals surface area contributed by atoms with Gasteiger partial charge in [0, 0.05) is 38.6 Å². The van der Waals surface area contributed by atoms with Crippen molar-refractivity contribution in [2.75, 3.05) is 23.3 Å². The third kappa shape index (κ3) is 5.74. The highest BCUT2D eigenvalue weighted by Crippen LogP contribution is 2.32. The van der Waals surface area contributed by atoms with E-state index in [4.69, 9.17) is 0 Å². The minimum Gasteiger partial charge on any atom is -0.356 e. The summed E-state index contributed by atoms with van der Waals surface area (Å²) in [6, 6.07) is 7.40. The fourth-order valence-corrected chi connectivity index (χ4v) is 3.42. The maximum Gasteiger partial charge on any atom is 0.259 e. The van der Waals surface area contributed by atoms with E-state index in [1.807, 2.05) is 39.0 Å². The van der Waals surface area contributed by atoms with Gasteiger partial charge in [0.25, 0.3) is 5.91 Å². The van der Waals surface area contributed by atoms with Crippen molar-refractivity contribution < 1.29 is 19.4 Å². The smallest absolute Gasteiger partial charge is 0.259 e. The summed E-state index contributed by atoms with van der Waals surface area (Å²) < 4.78 is 41.6. The van der Waals surface area contributed by atoms with Crippen LogP contribution < -0.4 is 10.2 Å². The predicted molar refractivity (Wildman–Crippen MR) is 117 cm³/mol.